The van der Waals surface area contributed by atoms with E-state index in [-0.39, 0.29) is 17.3 Å². The van der Waals surface area contributed by atoms with Gasteiger partial charge in [0.25, 0.3) is 5.91 Å². The van der Waals surface area contributed by atoms with Crippen molar-refractivity contribution in [3.05, 3.63) is 53.9 Å². The third kappa shape index (κ3) is 3.17. The van der Waals surface area contributed by atoms with Crippen LogP contribution in [0.3, 0.4) is 0 Å². The molecule has 2 rings (SSSR count). The van der Waals surface area contributed by atoms with Crippen molar-refractivity contribution in [3.63, 3.8) is 0 Å². The number of pyridine rings is 1. The molecule has 0 bridgehead atoms. The highest BCUT2D eigenvalue weighted by Gasteiger charge is 2.16. The van der Waals surface area contributed by atoms with Crippen LogP contribution in [0.5, 0.6) is 5.75 Å². The van der Waals surface area contributed by atoms with Gasteiger partial charge in [0.2, 0.25) is 0 Å². The maximum atomic E-state index is 12.3. The zero-order valence-electron chi connectivity index (χ0n) is 11.6. The van der Waals surface area contributed by atoms with Gasteiger partial charge in [0.15, 0.2) is 0 Å². The lowest BCUT2D eigenvalue weighted by atomic mass is 10.2. The minimum atomic E-state index is -1.17. The third-order valence-corrected chi connectivity index (χ3v) is 2.95. The van der Waals surface area contributed by atoms with Gasteiger partial charge in [-0.2, -0.15) is 0 Å². The number of carbonyl (C=O) groups is 2. The summed E-state index contributed by atoms with van der Waals surface area (Å²) in [7, 11) is 3.16. The SMILES string of the molecule is COc1ccc(N(C)C(=O)c2cccc(C(=O)O)n2)cc1. The Balaban J connectivity index is 2.25. The van der Waals surface area contributed by atoms with Gasteiger partial charge in [0.1, 0.15) is 17.1 Å². The number of rotatable bonds is 4. The van der Waals surface area contributed by atoms with Crippen LogP contribution in [0.1, 0.15) is 21.0 Å². The molecule has 6 nitrogen and oxygen atoms in total. The Hall–Kier alpha value is -2.89. The second-order valence-electron chi connectivity index (χ2n) is 4.28. The Bertz CT molecular complexity index is 668. The number of benzene rings is 1. The van der Waals surface area contributed by atoms with Gasteiger partial charge in [-0.3, -0.25) is 4.79 Å². The van der Waals surface area contributed by atoms with Crippen LogP contribution in [0.2, 0.25) is 0 Å². The molecule has 0 atom stereocenters. The normalized spacial score (nSPS) is 10.0. The van der Waals surface area contributed by atoms with Crippen LogP contribution in [0.25, 0.3) is 0 Å². The average Bonchev–Trinajstić information content (AvgIpc) is 2.53. The highest BCUT2D eigenvalue weighted by Crippen LogP contribution is 2.19. The zero-order valence-corrected chi connectivity index (χ0v) is 11.6. The van der Waals surface area contributed by atoms with Crippen molar-refractivity contribution in [1.29, 1.82) is 0 Å². The van der Waals surface area contributed by atoms with Gasteiger partial charge in [-0.25, -0.2) is 9.78 Å². The fourth-order valence-corrected chi connectivity index (χ4v) is 1.77. The first kappa shape index (κ1) is 14.5. The van der Waals surface area contributed by atoms with E-state index in [1.165, 1.54) is 23.1 Å². The van der Waals surface area contributed by atoms with Gasteiger partial charge >= 0.3 is 5.97 Å². The smallest absolute Gasteiger partial charge is 0.354 e. The molecule has 108 valence electrons. The van der Waals surface area contributed by atoms with Crippen LogP contribution in [0, 0.1) is 0 Å². The molecule has 1 heterocycles. The molecule has 0 fully saturated rings. The summed E-state index contributed by atoms with van der Waals surface area (Å²) >= 11 is 0. The standard InChI is InChI=1S/C15H14N2O4/c1-17(10-6-8-11(21-2)9-7-10)14(18)12-4-3-5-13(16-12)15(19)20/h3-9H,1-2H3,(H,19,20). The second-order valence-corrected chi connectivity index (χ2v) is 4.28. The molecule has 0 aliphatic rings. The van der Waals surface area contributed by atoms with E-state index in [0.717, 1.165) is 0 Å². The summed E-state index contributed by atoms with van der Waals surface area (Å²) in [6.07, 6.45) is 0. The Morgan fingerprint density at radius 1 is 1.10 bits per heavy atom. The molecule has 2 aromatic rings. The topological polar surface area (TPSA) is 79.7 Å². The van der Waals surface area contributed by atoms with E-state index >= 15 is 0 Å². The lowest BCUT2D eigenvalue weighted by Gasteiger charge is -2.17. The molecule has 0 saturated carbocycles. The summed E-state index contributed by atoms with van der Waals surface area (Å²) in [5, 5.41) is 8.90. The Kier molecular flexibility index (Phi) is 4.18. The van der Waals surface area contributed by atoms with Gasteiger partial charge < -0.3 is 14.7 Å². The summed E-state index contributed by atoms with van der Waals surface area (Å²) in [6.45, 7) is 0. The number of aromatic carboxylic acids is 1. The van der Waals surface area contributed by atoms with Crippen molar-refractivity contribution in [1.82, 2.24) is 4.98 Å². The molecule has 1 aromatic carbocycles. The number of ether oxygens (including phenoxy) is 1. The maximum Gasteiger partial charge on any atom is 0.354 e. The molecule has 0 aliphatic carbocycles. The lowest BCUT2D eigenvalue weighted by Crippen LogP contribution is -2.27. The van der Waals surface area contributed by atoms with Crippen LogP contribution in [-0.2, 0) is 0 Å². The van der Waals surface area contributed by atoms with Crippen LogP contribution >= 0.6 is 0 Å². The van der Waals surface area contributed by atoms with Gasteiger partial charge in [0.05, 0.1) is 7.11 Å². The lowest BCUT2D eigenvalue weighted by molar-refractivity contribution is 0.0690. The first-order chi connectivity index (χ1) is 10.0. The number of methoxy groups -OCH3 is 1. The summed E-state index contributed by atoms with van der Waals surface area (Å²) in [5.41, 5.74) is 0.570. The van der Waals surface area contributed by atoms with Crippen molar-refractivity contribution >= 4 is 17.6 Å². The molecular formula is C15H14N2O4. The Morgan fingerprint density at radius 2 is 1.71 bits per heavy atom. The Morgan fingerprint density at radius 3 is 2.29 bits per heavy atom. The van der Waals surface area contributed by atoms with Crippen molar-refractivity contribution in [3.8, 4) is 5.75 Å². The average molecular weight is 286 g/mol. The molecular weight excluding hydrogens is 272 g/mol. The number of carbonyl (C=O) groups excluding carboxylic acids is 1. The molecule has 0 saturated heterocycles. The molecule has 6 heteroatoms. The highest BCUT2D eigenvalue weighted by atomic mass is 16.5. The number of anilines is 1. The summed E-state index contributed by atoms with van der Waals surface area (Å²) in [4.78, 5) is 28.4. The van der Waals surface area contributed by atoms with Crippen LogP contribution in [-0.4, -0.2) is 36.1 Å². The monoisotopic (exact) mass is 286 g/mol. The van der Waals surface area contributed by atoms with E-state index in [2.05, 4.69) is 4.98 Å². The summed E-state index contributed by atoms with van der Waals surface area (Å²) in [6, 6.07) is 11.3. The van der Waals surface area contributed by atoms with Gasteiger partial charge in [0, 0.05) is 12.7 Å². The molecule has 1 N–H and O–H groups in total. The molecule has 21 heavy (non-hydrogen) atoms. The number of carboxylic acid groups (broad SMARTS) is 1. The molecule has 0 radical (unpaired) electrons. The molecule has 1 aromatic heterocycles. The van der Waals surface area contributed by atoms with E-state index in [9.17, 15) is 9.59 Å². The van der Waals surface area contributed by atoms with Crippen LogP contribution in [0.4, 0.5) is 5.69 Å². The predicted molar refractivity (Wildman–Crippen MR) is 76.9 cm³/mol. The minimum absolute atomic E-state index is 0.0771. The predicted octanol–water partition coefficient (Wildman–Crippen LogP) is 2.06. The fourth-order valence-electron chi connectivity index (χ4n) is 1.77. The molecule has 0 aliphatic heterocycles. The summed E-state index contributed by atoms with van der Waals surface area (Å²) in [5.74, 6) is -0.870. The van der Waals surface area contributed by atoms with Crippen molar-refractivity contribution in [2.45, 2.75) is 0 Å². The van der Waals surface area contributed by atoms with Gasteiger partial charge in [-0.15, -0.1) is 0 Å². The summed E-state index contributed by atoms with van der Waals surface area (Å²) < 4.78 is 5.06. The fraction of sp³-hybridized carbons (Fsp3) is 0.133. The van der Waals surface area contributed by atoms with E-state index in [1.807, 2.05) is 0 Å². The highest BCUT2D eigenvalue weighted by molar-refractivity contribution is 6.04. The Labute approximate surface area is 121 Å². The molecule has 0 spiro atoms. The van der Waals surface area contributed by atoms with Crippen molar-refractivity contribution < 1.29 is 19.4 Å². The number of hydrogen-bond donors (Lipinski definition) is 1. The quantitative estimate of drug-likeness (QED) is 0.930. The van der Waals surface area contributed by atoms with Crippen molar-refractivity contribution in [2.75, 3.05) is 19.1 Å². The number of amides is 1. The molecule has 1 amide bonds. The zero-order chi connectivity index (χ0) is 15.4. The van der Waals surface area contributed by atoms with Crippen molar-refractivity contribution in [2.24, 2.45) is 0 Å². The van der Waals surface area contributed by atoms with E-state index in [4.69, 9.17) is 9.84 Å². The van der Waals surface area contributed by atoms with Gasteiger partial charge in [-0.05, 0) is 36.4 Å². The van der Waals surface area contributed by atoms with E-state index in [1.54, 1.807) is 38.4 Å². The first-order valence-corrected chi connectivity index (χ1v) is 6.15. The number of carboxylic acids is 1. The van der Waals surface area contributed by atoms with E-state index < -0.39 is 5.97 Å². The van der Waals surface area contributed by atoms with Gasteiger partial charge in [-0.1, -0.05) is 6.07 Å². The number of nitrogens with zero attached hydrogens (tertiary/aromatic N) is 2. The maximum absolute atomic E-state index is 12.3. The second kappa shape index (κ2) is 6.04. The third-order valence-electron chi connectivity index (χ3n) is 2.95. The number of aromatic nitrogens is 1. The minimum Gasteiger partial charge on any atom is -0.497 e. The first-order valence-electron chi connectivity index (χ1n) is 6.15. The van der Waals surface area contributed by atoms with E-state index in [0.29, 0.717) is 11.4 Å². The number of hydrogen-bond acceptors (Lipinski definition) is 4. The van der Waals surface area contributed by atoms with Crippen LogP contribution < -0.4 is 9.64 Å². The molecule has 0 unspecified atom stereocenters. The van der Waals surface area contributed by atoms with Crippen LogP contribution in [0.15, 0.2) is 42.5 Å². The largest absolute Gasteiger partial charge is 0.497 e.